The molecule has 0 saturated heterocycles. The molecule has 1 atom stereocenters. The van der Waals surface area contributed by atoms with E-state index in [0.717, 1.165) is 0 Å². The van der Waals surface area contributed by atoms with Crippen molar-refractivity contribution in [3.63, 3.8) is 0 Å². The summed E-state index contributed by atoms with van der Waals surface area (Å²) in [6.07, 6.45) is 6.69. The second-order valence-electron chi connectivity index (χ2n) is 3.74. The van der Waals surface area contributed by atoms with Crippen molar-refractivity contribution in [3.8, 4) is 0 Å². The van der Waals surface area contributed by atoms with Crippen LogP contribution in [0.3, 0.4) is 0 Å². The molecule has 10 heavy (non-hydrogen) atoms. The Labute approximate surface area is 62.8 Å². The van der Waals surface area contributed by atoms with Crippen molar-refractivity contribution in [1.29, 1.82) is 0 Å². The van der Waals surface area contributed by atoms with Crippen LogP contribution in [0.25, 0.3) is 0 Å². The number of rotatable bonds is 1. The van der Waals surface area contributed by atoms with E-state index >= 15 is 0 Å². The molecule has 0 radical (unpaired) electrons. The first-order valence-electron chi connectivity index (χ1n) is 3.94. The lowest BCUT2D eigenvalue weighted by Gasteiger charge is -2.33. The molecule has 1 rings (SSSR count). The molecule has 1 aliphatic carbocycles. The highest BCUT2D eigenvalue weighted by Gasteiger charge is 2.28. The fourth-order valence-corrected chi connectivity index (χ4v) is 1.47. The van der Waals surface area contributed by atoms with Crippen LogP contribution in [-0.4, -0.2) is 11.7 Å². The molecule has 0 amide bonds. The van der Waals surface area contributed by atoms with Crippen molar-refractivity contribution in [2.24, 2.45) is 11.3 Å². The topological polar surface area (TPSA) is 20.2 Å². The van der Waals surface area contributed by atoms with Gasteiger partial charge in [0.05, 0.1) is 0 Å². The van der Waals surface area contributed by atoms with E-state index in [9.17, 15) is 0 Å². The Kier molecular flexibility index (Phi) is 2.14. The Balaban J connectivity index is 2.66. The lowest BCUT2D eigenvalue weighted by molar-refractivity contribution is 0.138. The Bertz CT molecular complexity index is 136. The molecule has 0 spiro atoms. The van der Waals surface area contributed by atoms with Crippen LogP contribution in [0, 0.1) is 11.3 Å². The highest BCUT2D eigenvalue weighted by atomic mass is 16.3. The molecule has 0 aliphatic heterocycles. The van der Waals surface area contributed by atoms with Gasteiger partial charge < -0.3 is 5.11 Å². The molecule has 1 unspecified atom stereocenters. The molecule has 0 aromatic heterocycles. The Morgan fingerprint density at radius 2 is 2.30 bits per heavy atom. The zero-order valence-corrected chi connectivity index (χ0v) is 6.80. The highest BCUT2D eigenvalue weighted by Crippen LogP contribution is 2.36. The summed E-state index contributed by atoms with van der Waals surface area (Å²) < 4.78 is 0. The van der Waals surface area contributed by atoms with E-state index in [2.05, 4.69) is 26.0 Å². The second kappa shape index (κ2) is 2.75. The predicted molar refractivity (Wildman–Crippen MR) is 42.7 cm³/mol. The summed E-state index contributed by atoms with van der Waals surface area (Å²) >= 11 is 0. The van der Waals surface area contributed by atoms with Gasteiger partial charge in [0.1, 0.15) is 0 Å². The third-order valence-corrected chi connectivity index (χ3v) is 2.52. The molecule has 0 aromatic rings. The second-order valence-corrected chi connectivity index (χ2v) is 3.74. The molecule has 1 N–H and O–H groups in total. The zero-order chi connectivity index (χ0) is 7.61. The summed E-state index contributed by atoms with van der Waals surface area (Å²) in [7, 11) is 0. The van der Waals surface area contributed by atoms with Crippen LogP contribution in [0.1, 0.15) is 26.7 Å². The molecule has 1 heteroatoms. The van der Waals surface area contributed by atoms with Gasteiger partial charge in [-0.15, -0.1) is 0 Å². The molecule has 0 fully saturated rings. The molecule has 0 bridgehead atoms. The average Bonchev–Trinajstić information content (AvgIpc) is 1.87. The summed E-state index contributed by atoms with van der Waals surface area (Å²) in [5, 5.41) is 8.98. The van der Waals surface area contributed by atoms with Gasteiger partial charge in [-0.25, -0.2) is 0 Å². The quantitative estimate of drug-likeness (QED) is 0.552. The molecule has 0 saturated carbocycles. The first-order chi connectivity index (χ1) is 4.67. The summed E-state index contributed by atoms with van der Waals surface area (Å²) in [6, 6.07) is 0. The monoisotopic (exact) mass is 140 g/mol. The zero-order valence-electron chi connectivity index (χ0n) is 6.80. The van der Waals surface area contributed by atoms with Crippen LogP contribution in [0.5, 0.6) is 0 Å². The number of allylic oxidation sites excluding steroid dienone is 1. The summed E-state index contributed by atoms with van der Waals surface area (Å²) in [6.45, 7) is 4.73. The lowest BCUT2D eigenvalue weighted by atomic mass is 9.73. The smallest absolute Gasteiger partial charge is 0.0498 e. The van der Waals surface area contributed by atoms with E-state index in [4.69, 9.17) is 5.11 Å². The molecule has 1 aliphatic rings. The van der Waals surface area contributed by atoms with Gasteiger partial charge in [-0.1, -0.05) is 26.0 Å². The van der Waals surface area contributed by atoms with Gasteiger partial charge in [0, 0.05) is 12.5 Å². The number of hydrogen-bond acceptors (Lipinski definition) is 1. The predicted octanol–water partition coefficient (Wildman–Crippen LogP) is 1.97. The normalized spacial score (nSPS) is 30.5. The summed E-state index contributed by atoms with van der Waals surface area (Å²) in [4.78, 5) is 0. The van der Waals surface area contributed by atoms with Crippen LogP contribution >= 0.6 is 0 Å². The van der Waals surface area contributed by atoms with Gasteiger partial charge in [-0.05, 0) is 18.3 Å². The minimum atomic E-state index is 0.295. The highest BCUT2D eigenvalue weighted by molar-refractivity contribution is 5.00. The SMILES string of the molecule is CC1(C)CCC=CC1CO. The number of aliphatic hydroxyl groups excluding tert-OH is 1. The van der Waals surface area contributed by atoms with Crippen LogP contribution in [-0.2, 0) is 0 Å². The van der Waals surface area contributed by atoms with Crippen molar-refractivity contribution < 1.29 is 5.11 Å². The van der Waals surface area contributed by atoms with Gasteiger partial charge in [0.15, 0.2) is 0 Å². The first kappa shape index (κ1) is 7.80. The average molecular weight is 140 g/mol. The van der Waals surface area contributed by atoms with E-state index in [1.165, 1.54) is 12.8 Å². The summed E-state index contributed by atoms with van der Waals surface area (Å²) in [5.41, 5.74) is 0.309. The minimum absolute atomic E-state index is 0.295. The van der Waals surface area contributed by atoms with Crippen molar-refractivity contribution in [1.82, 2.24) is 0 Å². The molecule has 58 valence electrons. The molecule has 1 nitrogen and oxygen atoms in total. The fourth-order valence-electron chi connectivity index (χ4n) is 1.47. The largest absolute Gasteiger partial charge is 0.396 e. The Morgan fingerprint density at radius 3 is 2.70 bits per heavy atom. The third kappa shape index (κ3) is 1.40. The van der Waals surface area contributed by atoms with Gasteiger partial charge in [-0.2, -0.15) is 0 Å². The Hall–Kier alpha value is -0.300. The Morgan fingerprint density at radius 1 is 1.60 bits per heavy atom. The van der Waals surface area contributed by atoms with E-state index in [1.807, 2.05) is 0 Å². The minimum Gasteiger partial charge on any atom is -0.396 e. The first-order valence-corrected chi connectivity index (χ1v) is 3.94. The van der Waals surface area contributed by atoms with E-state index in [0.29, 0.717) is 17.9 Å². The van der Waals surface area contributed by atoms with E-state index in [1.54, 1.807) is 0 Å². The number of aliphatic hydroxyl groups is 1. The number of hydrogen-bond donors (Lipinski definition) is 1. The molecule has 0 aromatic carbocycles. The van der Waals surface area contributed by atoms with Gasteiger partial charge in [-0.3, -0.25) is 0 Å². The van der Waals surface area contributed by atoms with E-state index < -0.39 is 0 Å². The maximum absolute atomic E-state index is 8.98. The molecular weight excluding hydrogens is 124 g/mol. The van der Waals surface area contributed by atoms with Crippen molar-refractivity contribution in [3.05, 3.63) is 12.2 Å². The van der Waals surface area contributed by atoms with Crippen molar-refractivity contribution >= 4 is 0 Å². The van der Waals surface area contributed by atoms with Crippen LogP contribution in [0.2, 0.25) is 0 Å². The van der Waals surface area contributed by atoms with Crippen molar-refractivity contribution in [2.75, 3.05) is 6.61 Å². The lowest BCUT2D eigenvalue weighted by Crippen LogP contribution is -2.27. The van der Waals surface area contributed by atoms with Crippen molar-refractivity contribution in [2.45, 2.75) is 26.7 Å². The van der Waals surface area contributed by atoms with Gasteiger partial charge >= 0.3 is 0 Å². The fraction of sp³-hybridized carbons (Fsp3) is 0.778. The van der Waals surface area contributed by atoms with Gasteiger partial charge in [0.25, 0.3) is 0 Å². The molecule has 0 heterocycles. The molecular formula is C9H16O. The van der Waals surface area contributed by atoms with Crippen LogP contribution < -0.4 is 0 Å². The van der Waals surface area contributed by atoms with Gasteiger partial charge in [0.2, 0.25) is 0 Å². The maximum Gasteiger partial charge on any atom is 0.0498 e. The summed E-state index contributed by atoms with van der Waals surface area (Å²) in [5.74, 6) is 0.376. The standard InChI is InChI=1S/C9H16O/c1-9(2)6-4-3-5-8(9)7-10/h3,5,8,10H,4,6-7H2,1-2H3. The van der Waals surface area contributed by atoms with E-state index in [-0.39, 0.29) is 0 Å². The van der Waals surface area contributed by atoms with Crippen LogP contribution in [0.15, 0.2) is 12.2 Å². The maximum atomic E-state index is 8.98. The van der Waals surface area contributed by atoms with Crippen LogP contribution in [0.4, 0.5) is 0 Å². The third-order valence-electron chi connectivity index (χ3n) is 2.52.